The van der Waals surface area contributed by atoms with Gasteiger partial charge in [0.15, 0.2) is 6.29 Å². The van der Waals surface area contributed by atoms with Gasteiger partial charge in [-0.25, -0.2) is 4.18 Å². The van der Waals surface area contributed by atoms with E-state index in [0.717, 1.165) is 64.2 Å². The molecule has 0 radical (unpaired) electrons. The molecule has 54 heavy (non-hydrogen) atoms. The predicted octanol–water partition coefficient (Wildman–Crippen LogP) is 5.51. The van der Waals surface area contributed by atoms with Crippen molar-refractivity contribution >= 4 is 16.3 Å². The van der Waals surface area contributed by atoms with Gasteiger partial charge in [-0.3, -0.25) is 9.35 Å². The molecule has 0 saturated carbocycles. The number of hydrogen-bond acceptors (Lipinski definition) is 11. The first-order chi connectivity index (χ1) is 25.9. The molecule has 1 heterocycles. The zero-order chi connectivity index (χ0) is 40.0. The Hall–Kier alpha value is -1.98. The standard InChI is InChI=1S/C40H71NO12S/c1-3-5-7-9-11-13-14-15-16-17-18-19-21-23-25-27-29-34(44)39(47)41-32(33(43)28-26-24-22-20-12-10-8-6-4-2)31-51-40-37(46)38(53-54(48,49)50)36(45)35(30-42)52-40/h4,6,12,15-16,20,26,28,32-38,40,42-46H,3,5,7-11,13-14,17-19,21-25,27,29-31H2,1-2H3,(H,41,47)(H,48,49,50)/b6-4+,16-15-,20-12+,28-26+. The van der Waals surface area contributed by atoms with E-state index < -0.39 is 78.5 Å². The van der Waals surface area contributed by atoms with Crippen LogP contribution >= 0.6 is 0 Å². The number of amides is 1. The molecule has 8 atom stereocenters. The summed E-state index contributed by atoms with van der Waals surface area (Å²) in [6.45, 7) is 2.91. The number of hydrogen-bond donors (Lipinski definition) is 7. The van der Waals surface area contributed by atoms with E-state index in [9.17, 15) is 38.7 Å². The second kappa shape index (κ2) is 31.1. The highest BCUT2D eigenvalue weighted by atomic mass is 32.3. The number of ether oxygens (including phenoxy) is 2. The van der Waals surface area contributed by atoms with Crippen molar-refractivity contribution < 1.29 is 57.0 Å². The third-order valence-electron chi connectivity index (χ3n) is 9.26. The number of unbranched alkanes of at least 4 members (excludes halogenated alkanes) is 14. The lowest BCUT2D eigenvalue weighted by molar-refractivity contribution is -0.298. The summed E-state index contributed by atoms with van der Waals surface area (Å²) in [6, 6.07) is -1.14. The zero-order valence-electron chi connectivity index (χ0n) is 32.6. The Balaban J connectivity index is 2.64. The van der Waals surface area contributed by atoms with Crippen LogP contribution < -0.4 is 5.32 Å². The van der Waals surface area contributed by atoms with Crippen LogP contribution in [0, 0.1) is 0 Å². The average Bonchev–Trinajstić information content (AvgIpc) is 3.14. The molecule has 7 N–H and O–H groups in total. The highest BCUT2D eigenvalue weighted by Crippen LogP contribution is 2.26. The second-order valence-electron chi connectivity index (χ2n) is 14.0. The predicted molar refractivity (Wildman–Crippen MR) is 210 cm³/mol. The maximum absolute atomic E-state index is 13.0. The number of carbonyl (C=O) groups excluding carboxylic acids is 1. The van der Waals surface area contributed by atoms with Crippen LogP contribution in [0.3, 0.4) is 0 Å². The Kier molecular flexibility index (Phi) is 28.9. The number of allylic oxidation sites excluding steroid dienone is 7. The van der Waals surface area contributed by atoms with Crippen LogP contribution in [0.5, 0.6) is 0 Å². The van der Waals surface area contributed by atoms with Crippen molar-refractivity contribution in [3.63, 3.8) is 0 Å². The normalized spacial score (nSPS) is 22.9. The second-order valence-corrected chi connectivity index (χ2v) is 15.0. The van der Waals surface area contributed by atoms with Crippen molar-refractivity contribution in [1.82, 2.24) is 5.32 Å². The third kappa shape index (κ3) is 23.8. The van der Waals surface area contributed by atoms with E-state index >= 15 is 0 Å². The number of aliphatic hydroxyl groups excluding tert-OH is 5. The molecule has 0 spiro atoms. The first-order valence-electron chi connectivity index (χ1n) is 20.1. The molecule has 0 bridgehead atoms. The molecule has 314 valence electrons. The summed E-state index contributed by atoms with van der Waals surface area (Å²) in [6.07, 6.45) is 23.8. The molecule has 1 saturated heterocycles. The van der Waals surface area contributed by atoms with Crippen molar-refractivity contribution in [2.45, 2.75) is 185 Å². The third-order valence-corrected chi connectivity index (χ3v) is 9.73. The lowest BCUT2D eigenvalue weighted by atomic mass is 9.99. The number of carbonyl (C=O) groups is 1. The van der Waals surface area contributed by atoms with Crippen LogP contribution in [0.25, 0.3) is 0 Å². The van der Waals surface area contributed by atoms with Gasteiger partial charge in [0.1, 0.15) is 30.5 Å². The summed E-state index contributed by atoms with van der Waals surface area (Å²) in [4.78, 5) is 13.0. The first-order valence-corrected chi connectivity index (χ1v) is 21.5. The van der Waals surface area contributed by atoms with E-state index in [-0.39, 0.29) is 6.42 Å². The zero-order valence-corrected chi connectivity index (χ0v) is 33.4. The van der Waals surface area contributed by atoms with Crippen LogP contribution in [0.2, 0.25) is 0 Å². The highest BCUT2D eigenvalue weighted by Gasteiger charge is 2.48. The Morgan fingerprint density at radius 3 is 1.89 bits per heavy atom. The van der Waals surface area contributed by atoms with E-state index in [0.29, 0.717) is 12.8 Å². The molecule has 8 unspecified atom stereocenters. The minimum atomic E-state index is -5.12. The molecule has 1 aliphatic rings. The van der Waals surface area contributed by atoms with Crippen molar-refractivity contribution in [3.05, 3.63) is 48.6 Å². The molecule has 0 aromatic rings. The monoisotopic (exact) mass is 789 g/mol. The van der Waals surface area contributed by atoms with Gasteiger partial charge in [-0.1, -0.05) is 120 Å². The molecule has 1 rings (SSSR count). The van der Waals surface area contributed by atoms with Crippen LogP contribution in [0.4, 0.5) is 0 Å². The molecule has 0 aliphatic carbocycles. The summed E-state index contributed by atoms with van der Waals surface area (Å²) in [5.41, 5.74) is 0. The summed E-state index contributed by atoms with van der Waals surface area (Å²) >= 11 is 0. The van der Waals surface area contributed by atoms with Gasteiger partial charge in [-0.05, 0) is 64.7 Å². The Morgan fingerprint density at radius 1 is 0.778 bits per heavy atom. The van der Waals surface area contributed by atoms with Gasteiger partial charge in [-0.15, -0.1) is 0 Å². The van der Waals surface area contributed by atoms with Crippen LogP contribution in [0.1, 0.15) is 136 Å². The maximum Gasteiger partial charge on any atom is 0.397 e. The van der Waals surface area contributed by atoms with Crippen molar-refractivity contribution in [3.8, 4) is 0 Å². The minimum absolute atomic E-state index is 0.224. The maximum atomic E-state index is 13.0. The Bertz CT molecular complexity index is 1180. The Morgan fingerprint density at radius 2 is 1.31 bits per heavy atom. The number of nitrogens with one attached hydrogen (secondary N) is 1. The highest BCUT2D eigenvalue weighted by molar-refractivity contribution is 7.80. The largest absolute Gasteiger partial charge is 0.397 e. The van der Waals surface area contributed by atoms with E-state index in [2.05, 4.69) is 40.7 Å². The lowest BCUT2D eigenvalue weighted by Gasteiger charge is -2.41. The van der Waals surface area contributed by atoms with Crippen LogP contribution in [-0.4, -0.2) is 107 Å². The molecular weight excluding hydrogens is 719 g/mol. The van der Waals surface area contributed by atoms with Crippen LogP contribution in [0.15, 0.2) is 48.6 Å². The van der Waals surface area contributed by atoms with Gasteiger partial charge < -0.3 is 40.3 Å². The summed E-state index contributed by atoms with van der Waals surface area (Å²) in [5.74, 6) is -0.728. The lowest BCUT2D eigenvalue weighted by Crippen LogP contribution is -2.61. The molecule has 1 amide bonds. The number of rotatable bonds is 32. The molecule has 1 aliphatic heterocycles. The fraction of sp³-hybridized carbons (Fsp3) is 0.775. The summed E-state index contributed by atoms with van der Waals surface area (Å²) in [5, 5.41) is 54.8. The first kappa shape index (κ1) is 50.0. The van der Waals surface area contributed by atoms with E-state index in [4.69, 9.17) is 14.0 Å². The van der Waals surface area contributed by atoms with Gasteiger partial charge in [-0.2, -0.15) is 8.42 Å². The topological polar surface area (TPSA) is 212 Å². The van der Waals surface area contributed by atoms with E-state index in [1.54, 1.807) is 6.08 Å². The average molecular weight is 790 g/mol. The molecule has 14 heteroatoms. The molecule has 1 fully saturated rings. The van der Waals surface area contributed by atoms with Gasteiger partial charge in [0.25, 0.3) is 0 Å². The SMILES string of the molecule is C/C=C/CC/C=C/CC/C=C/C(O)C(COC1OC(CO)C(O)C(OS(=O)(=O)O)C1O)NC(=O)C(O)CCCCCCCC/C=C\CCCCCCCC. The summed E-state index contributed by atoms with van der Waals surface area (Å²) in [7, 11) is -5.12. The van der Waals surface area contributed by atoms with Crippen molar-refractivity contribution in [2.24, 2.45) is 0 Å². The molecule has 13 nitrogen and oxygen atoms in total. The quantitative estimate of drug-likeness (QED) is 0.0255. The molecule has 0 aromatic heterocycles. The molecular formula is C40H71NO12S. The Labute approximate surface area is 324 Å². The van der Waals surface area contributed by atoms with Crippen LogP contribution in [-0.2, 0) is 28.9 Å². The van der Waals surface area contributed by atoms with Gasteiger partial charge in [0.05, 0.1) is 25.4 Å². The number of aliphatic hydroxyl groups is 5. The van der Waals surface area contributed by atoms with Gasteiger partial charge in [0, 0.05) is 0 Å². The van der Waals surface area contributed by atoms with E-state index in [1.165, 1.54) is 44.6 Å². The van der Waals surface area contributed by atoms with Gasteiger partial charge in [0.2, 0.25) is 5.91 Å². The fourth-order valence-corrected chi connectivity index (χ4v) is 6.53. The molecule has 0 aromatic carbocycles. The van der Waals surface area contributed by atoms with Crippen molar-refractivity contribution in [1.29, 1.82) is 0 Å². The fourth-order valence-electron chi connectivity index (χ4n) is 6.02. The van der Waals surface area contributed by atoms with Gasteiger partial charge >= 0.3 is 10.4 Å². The van der Waals surface area contributed by atoms with Crippen molar-refractivity contribution in [2.75, 3.05) is 13.2 Å². The minimum Gasteiger partial charge on any atom is -0.394 e. The summed E-state index contributed by atoms with van der Waals surface area (Å²) < 4.78 is 47.2. The van der Waals surface area contributed by atoms with E-state index in [1.807, 2.05) is 19.1 Å². The smallest absolute Gasteiger partial charge is 0.394 e.